The van der Waals surface area contributed by atoms with Crippen LogP contribution in [-0.4, -0.2) is 46.5 Å². The molecule has 0 aliphatic carbocycles. The number of amides is 2. The van der Waals surface area contributed by atoms with E-state index in [4.69, 9.17) is 4.52 Å². The molecule has 0 atom stereocenters. The molecule has 8 heteroatoms. The van der Waals surface area contributed by atoms with Gasteiger partial charge in [0.2, 0.25) is 17.6 Å². The number of nitrogens with one attached hydrogen (secondary N) is 2. The summed E-state index contributed by atoms with van der Waals surface area (Å²) in [6.45, 7) is 4.80. The molecule has 0 saturated carbocycles. The third-order valence-electron chi connectivity index (χ3n) is 6.06. The topological polar surface area (TPSA) is 100 Å². The first-order valence-corrected chi connectivity index (χ1v) is 11.9. The van der Waals surface area contributed by atoms with Gasteiger partial charge in [-0.25, -0.2) is 0 Å². The van der Waals surface area contributed by atoms with E-state index in [2.05, 4.69) is 32.6 Å². The zero-order chi connectivity index (χ0) is 23.8. The van der Waals surface area contributed by atoms with Crippen LogP contribution in [0.3, 0.4) is 0 Å². The molecule has 0 spiro atoms. The smallest absolute Gasteiger partial charge is 0.253 e. The van der Waals surface area contributed by atoms with Gasteiger partial charge in [0.25, 0.3) is 5.91 Å². The van der Waals surface area contributed by atoms with Gasteiger partial charge in [0.05, 0.1) is 17.8 Å². The van der Waals surface area contributed by atoms with Gasteiger partial charge in [-0.2, -0.15) is 4.98 Å². The lowest BCUT2D eigenvalue weighted by molar-refractivity contribution is -0.121. The number of aromatic nitrogens is 2. The molecule has 3 aromatic rings. The number of rotatable bonds is 9. The monoisotopic (exact) mass is 461 g/mol. The standard InChI is InChI=1S/C26H31N5O3/c1-2-3-15-27-26(33)21-11-7-8-12-22(21)28-25(32)20-13-16-31(17-14-20)18-23-29-24(30-34-23)19-9-5-4-6-10-19/h4-12,20H,2-3,13-18H2,1H3,(H,27,33)(H,28,32). The summed E-state index contributed by atoms with van der Waals surface area (Å²) >= 11 is 0. The summed E-state index contributed by atoms with van der Waals surface area (Å²) in [6, 6.07) is 16.9. The third-order valence-corrected chi connectivity index (χ3v) is 6.06. The molecule has 2 aromatic carbocycles. The van der Waals surface area contributed by atoms with Gasteiger partial charge < -0.3 is 15.2 Å². The van der Waals surface area contributed by atoms with Crippen molar-refractivity contribution in [3.8, 4) is 11.4 Å². The number of hydrogen-bond acceptors (Lipinski definition) is 6. The summed E-state index contributed by atoms with van der Waals surface area (Å²) in [4.78, 5) is 32.2. The summed E-state index contributed by atoms with van der Waals surface area (Å²) in [5.41, 5.74) is 1.98. The lowest BCUT2D eigenvalue weighted by Crippen LogP contribution is -2.38. The Balaban J connectivity index is 1.28. The van der Waals surface area contributed by atoms with Gasteiger partial charge in [-0.05, 0) is 44.5 Å². The number of anilines is 1. The Hall–Kier alpha value is -3.52. The molecule has 0 bridgehead atoms. The fourth-order valence-electron chi connectivity index (χ4n) is 4.07. The average molecular weight is 462 g/mol. The first kappa shape index (κ1) is 23.6. The molecular weight excluding hydrogens is 430 g/mol. The Kier molecular flexibility index (Phi) is 8.04. The molecule has 0 unspecified atom stereocenters. The Morgan fingerprint density at radius 2 is 1.79 bits per heavy atom. The van der Waals surface area contributed by atoms with E-state index in [9.17, 15) is 9.59 Å². The molecule has 1 aromatic heterocycles. The van der Waals surface area contributed by atoms with Crippen LogP contribution in [0.15, 0.2) is 59.1 Å². The molecule has 34 heavy (non-hydrogen) atoms. The van der Waals surface area contributed by atoms with Crippen LogP contribution in [0.5, 0.6) is 0 Å². The van der Waals surface area contributed by atoms with Crippen LogP contribution < -0.4 is 10.6 Å². The number of hydrogen-bond donors (Lipinski definition) is 2. The van der Waals surface area contributed by atoms with Crippen LogP contribution in [0.2, 0.25) is 0 Å². The Morgan fingerprint density at radius 3 is 2.56 bits per heavy atom. The van der Waals surface area contributed by atoms with E-state index in [1.165, 1.54) is 0 Å². The molecule has 2 N–H and O–H groups in total. The molecule has 2 amide bonds. The molecule has 1 aliphatic rings. The van der Waals surface area contributed by atoms with Crippen LogP contribution in [0, 0.1) is 5.92 Å². The second kappa shape index (κ2) is 11.6. The van der Waals surface area contributed by atoms with Crippen molar-refractivity contribution in [2.24, 2.45) is 5.92 Å². The van der Waals surface area contributed by atoms with Crippen LogP contribution in [-0.2, 0) is 11.3 Å². The first-order chi connectivity index (χ1) is 16.6. The number of nitrogens with zero attached hydrogens (tertiary/aromatic N) is 3. The maximum absolute atomic E-state index is 12.9. The maximum atomic E-state index is 12.9. The highest BCUT2D eigenvalue weighted by Gasteiger charge is 2.27. The van der Waals surface area contributed by atoms with E-state index in [0.29, 0.717) is 36.1 Å². The molecule has 0 radical (unpaired) electrons. The van der Waals surface area contributed by atoms with Crippen LogP contribution in [0.25, 0.3) is 11.4 Å². The minimum Gasteiger partial charge on any atom is -0.352 e. The van der Waals surface area contributed by atoms with Gasteiger partial charge in [0.1, 0.15) is 0 Å². The van der Waals surface area contributed by atoms with Crippen LogP contribution >= 0.6 is 0 Å². The zero-order valence-electron chi connectivity index (χ0n) is 19.5. The van der Waals surface area contributed by atoms with Gasteiger partial charge in [-0.3, -0.25) is 14.5 Å². The van der Waals surface area contributed by atoms with E-state index in [1.807, 2.05) is 42.5 Å². The van der Waals surface area contributed by atoms with Crippen molar-refractivity contribution in [2.45, 2.75) is 39.2 Å². The molecular formula is C26H31N5O3. The average Bonchev–Trinajstić information content (AvgIpc) is 3.34. The van der Waals surface area contributed by atoms with Gasteiger partial charge in [0.15, 0.2) is 0 Å². The van der Waals surface area contributed by atoms with Crippen molar-refractivity contribution < 1.29 is 14.1 Å². The zero-order valence-corrected chi connectivity index (χ0v) is 19.5. The van der Waals surface area contributed by atoms with Crippen molar-refractivity contribution in [1.82, 2.24) is 20.4 Å². The molecule has 4 rings (SSSR count). The Morgan fingerprint density at radius 1 is 1.06 bits per heavy atom. The Bertz CT molecular complexity index is 1090. The van der Waals surface area contributed by atoms with Gasteiger partial charge in [-0.15, -0.1) is 0 Å². The molecule has 8 nitrogen and oxygen atoms in total. The van der Waals surface area contributed by atoms with E-state index in [0.717, 1.165) is 44.3 Å². The van der Waals surface area contributed by atoms with E-state index >= 15 is 0 Å². The molecule has 1 aliphatic heterocycles. The van der Waals surface area contributed by atoms with Crippen molar-refractivity contribution in [2.75, 3.05) is 25.0 Å². The SMILES string of the molecule is CCCCNC(=O)c1ccccc1NC(=O)C1CCN(Cc2nc(-c3ccccc3)no2)CC1. The second-order valence-corrected chi connectivity index (χ2v) is 8.57. The number of para-hydroxylation sites is 1. The van der Waals surface area contributed by atoms with Crippen LogP contribution in [0.4, 0.5) is 5.69 Å². The fourth-order valence-corrected chi connectivity index (χ4v) is 4.07. The quantitative estimate of drug-likeness (QED) is 0.465. The lowest BCUT2D eigenvalue weighted by Gasteiger charge is -2.30. The third kappa shape index (κ3) is 6.08. The summed E-state index contributed by atoms with van der Waals surface area (Å²) in [7, 11) is 0. The summed E-state index contributed by atoms with van der Waals surface area (Å²) in [5, 5.41) is 9.97. The van der Waals surface area contributed by atoms with Crippen molar-refractivity contribution in [3.05, 3.63) is 66.1 Å². The summed E-state index contributed by atoms with van der Waals surface area (Å²) in [6.07, 6.45) is 3.40. The molecule has 2 heterocycles. The Labute approximate surface area is 199 Å². The largest absolute Gasteiger partial charge is 0.352 e. The number of carbonyl (C=O) groups excluding carboxylic acids is 2. The maximum Gasteiger partial charge on any atom is 0.253 e. The normalized spacial score (nSPS) is 14.6. The predicted molar refractivity (Wildman–Crippen MR) is 130 cm³/mol. The van der Waals surface area contributed by atoms with Crippen LogP contribution in [0.1, 0.15) is 48.9 Å². The number of benzene rings is 2. The second-order valence-electron chi connectivity index (χ2n) is 8.57. The summed E-state index contributed by atoms with van der Waals surface area (Å²) < 4.78 is 5.43. The molecule has 1 fully saturated rings. The number of piperidine rings is 1. The first-order valence-electron chi connectivity index (χ1n) is 11.9. The highest BCUT2D eigenvalue weighted by molar-refractivity contribution is 6.04. The minimum atomic E-state index is -0.159. The van der Waals surface area contributed by atoms with Crippen molar-refractivity contribution in [1.29, 1.82) is 0 Å². The number of carbonyl (C=O) groups is 2. The van der Waals surface area contributed by atoms with Crippen molar-refractivity contribution in [3.63, 3.8) is 0 Å². The number of unbranched alkanes of at least 4 members (excludes halogenated alkanes) is 1. The highest BCUT2D eigenvalue weighted by atomic mass is 16.5. The number of likely N-dealkylation sites (tertiary alicyclic amines) is 1. The fraction of sp³-hybridized carbons (Fsp3) is 0.385. The van der Waals surface area contributed by atoms with E-state index in [-0.39, 0.29) is 17.7 Å². The van der Waals surface area contributed by atoms with Gasteiger partial charge in [-0.1, -0.05) is 61.0 Å². The predicted octanol–water partition coefficient (Wildman–Crippen LogP) is 4.12. The molecule has 178 valence electrons. The van der Waals surface area contributed by atoms with Gasteiger partial charge in [0, 0.05) is 18.0 Å². The van der Waals surface area contributed by atoms with Crippen molar-refractivity contribution >= 4 is 17.5 Å². The minimum absolute atomic E-state index is 0.0439. The highest BCUT2D eigenvalue weighted by Crippen LogP contribution is 2.23. The summed E-state index contributed by atoms with van der Waals surface area (Å²) in [5.74, 6) is 0.855. The van der Waals surface area contributed by atoms with E-state index in [1.54, 1.807) is 12.1 Å². The lowest BCUT2D eigenvalue weighted by atomic mass is 9.95. The molecule has 1 saturated heterocycles. The van der Waals surface area contributed by atoms with Gasteiger partial charge >= 0.3 is 0 Å². The van der Waals surface area contributed by atoms with E-state index < -0.39 is 0 Å².